The zero-order valence-corrected chi connectivity index (χ0v) is 71.7. The lowest BCUT2D eigenvalue weighted by Crippen LogP contribution is -2.70. The number of hydrogen-bond donors (Lipinski definition) is 24. The Morgan fingerprint density at radius 3 is 1.44 bits per heavy atom. The Balaban J connectivity index is 0.752. The van der Waals surface area contributed by atoms with Crippen molar-refractivity contribution in [2.24, 2.45) is 50.2 Å². The first-order valence-corrected chi connectivity index (χ1v) is 43.8. The van der Waals surface area contributed by atoms with E-state index in [2.05, 4.69) is 40.7 Å². The second-order valence-corrected chi connectivity index (χ2v) is 39.1. The molecule has 0 bridgehead atoms. The van der Waals surface area contributed by atoms with E-state index in [0.29, 0.717) is 44.9 Å². The van der Waals surface area contributed by atoms with Crippen molar-refractivity contribution in [3.8, 4) is 0 Å². The third-order valence-corrected chi connectivity index (χ3v) is 31.0. The molecule has 14 aliphatic rings. The Bertz CT molecular complexity index is 3760. The first-order chi connectivity index (χ1) is 59.7. The molecule has 13 fully saturated rings. The number of esters is 1. The maximum Gasteiger partial charge on any atom is 0.335 e. The quantitative estimate of drug-likeness (QED) is 0.0195. The minimum atomic E-state index is -2.47. The number of carbonyl (C=O) groups is 3. The van der Waals surface area contributed by atoms with Crippen LogP contribution in [-0.4, -0.2) is 444 Å². The normalized spacial score (nSPS) is 54.9. The number of carbonyl (C=O) groups excluding carboxylic acids is 2. The molecule has 9 aliphatic heterocycles. The van der Waals surface area contributed by atoms with Gasteiger partial charge in [0.05, 0.1) is 68.3 Å². The number of aldehydes is 1. The average Bonchev–Trinajstić information content (AvgIpc) is 0.672. The third-order valence-electron chi connectivity index (χ3n) is 31.0. The molecule has 14 rings (SSSR count). The molecule has 728 valence electrons. The Hall–Kier alpha value is -3.25. The number of ether oxygens (including phenoxy) is 18. The molecular weight excluding hydrogens is 1700 g/mol. The van der Waals surface area contributed by atoms with Gasteiger partial charge in [0.15, 0.2) is 62.5 Å². The van der Waals surface area contributed by atoms with Crippen LogP contribution in [0.25, 0.3) is 0 Å². The fraction of sp³-hybridized carbons (Fsp3) is 0.939. The molecule has 9 saturated heterocycles. The van der Waals surface area contributed by atoms with Crippen LogP contribution in [0.5, 0.6) is 0 Å². The van der Waals surface area contributed by atoms with Gasteiger partial charge in [-0.2, -0.15) is 0 Å². The first kappa shape index (κ1) is 99.7. The van der Waals surface area contributed by atoms with Crippen molar-refractivity contribution < 1.29 is 222 Å². The molecule has 0 spiro atoms. The van der Waals surface area contributed by atoms with E-state index in [4.69, 9.17) is 85.3 Å². The van der Waals surface area contributed by atoms with Gasteiger partial charge in [-0.3, -0.25) is 4.79 Å². The maximum atomic E-state index is 16.0. The molecule has 0 unspecified atom stereocenters. The van der Waals surface area contributed by atoms with E-state index >= 15 is 4.79 Å². The summed E-state index contributed by atoms with van der Waals surface area (Å²) in [5, 5.41) is 267. The van der Waals surface area contributed by atoms with Gasteiger partial charge in [-0.1, -0.05) is 53.2 Å². The Kier molecular flexibility index (Phi) is 30.1. The van der Waals surface area contributed by atoms with Gasteiger partial charge in [-0.25, -0.2) is 4.79 Å². The van der Waals surface area contributed by atoms with Crippen LogP contribution in [0.4, 0.5) is 0 Å². The first-order valence-electron chi connectivity index (χ1n) is 43.8. The number of carboxylic acid groups (broad SMARTS) is 1. The molecule has 0 radical (unpaired) electrons. The van der Waals surface area contributed by atoms with Gasteiger partial charge in [0, 0.05) is 0 Å². The van der Waals surface area contributed by atoms with E-state index < -0.39 is 354 Å². The topological polar surface area (TPSA) is 703 Å². The number of aliphatic carboxylic acids is 1. The zero-order chi connectivity index (χ0) is 92.6. The molecule has 0 aromatic carbocycles. The van der Waals surface area contributed by atoms with Gasteiger partial charge >= 0.3 is 11.9 Å². The van der Waals surface area contributed by atoms with Crippen molar-refractivity contribution in [3.63, 3.8) is 0 Å². The number of allylic oxidation sites excluding steroid dienone is 2. The van der Waals surface area contributed by atoms with Crippen LogP contribution in [0, 0.1) is 50.2 Å². The fourth-order valence-electron chi connectivity index (χ4n) is 22.9. The largest absolute Gasteiger partial charge is 0.479 e. The Morgan fingerprint density at radius 2 is 0.858 bits per heavy atom. The smallest absolute Gasteiger partial charge is 0.335 e. The Morgan fingerprint density at radius 1 is 0.417 bits per heavy atom. The van der Waals surface area contributed by atoms with E-state index in [0.717, 1.165) is 11.9 Å². The number of aliphatic hydroxyl groups is 23. The molecule has 127 heavy (non-hydrogen) atoms. The lowest BCUT2D eigenvalue weighted by molar-refractivity contribution is -0.414. The molecular formula is C82H130O45. The molecule has 45 nitrogen and oxygen atoms in total. The number of hydrogen-bond acceptors (Lipinski definition) is 44. The summed E-state index contributed by atoms with van der Waals surface area (Å²) in [5.74, 6) is -4.02. The highest BCUT2D eigenvalue weighted by atomic mass is 16.8. The van der Waals surface area contributed by atoms with Crippen LogP contribution < -0.4 is 0 Å². The van der Waals surface area contributed by atoms with E-state index in [1.54, 1.807) is 6.92 Å². The van der Waals surface area contributed by atoms with Gasteiger partial charge in [-0.15, -0.1) is 0 Å². The highest BCUT2D eigenvalue weighted by molar-refractivity contribution is 5.79. The molecule has 52 atom stereocenters. The summed E-state index contributed by atoms with van der Waals surface area (Å²) < 4.78 is 110. The average molecular weight is 1840 g/mol. The fourth-order valence-corrected chi connectivity index (χ4v) is 22.9. The molecule has 5 aliphatic carbocycles. The Labute approximate surface area is 729 Å². The van der Waals surface area contributed by atoms with Gasteiger partial charge in [-0.05, 0) is 124 Å². The van der Waals surface area contributed by atoms with Crippen LogP contribution in [0.3, 0.4) is 0 Å². The van der Waals surface area contributed by atoms with Gasteiger partial charge in [0.1, 0.15) is 183 Å². The molecule has 0 aromatic heterocycles. The van der Waals surface area contributed by atoms with Crippen LogP contribution in [-0.2, 0) is 99.6 Å². The summed E-state index contributed by atoms with van der Waals surface area (Å²) in [5.41, 5.74) is -4.39. The summed E-state index contributed by atoms with van der Waals surface area (Å²) in [7, 11) is 0. The van der Waals surface area contributed by atoms with Crippen LogP contribution in [0.15, 0.2) is 11.6 Å². The minimum absolute atomic E-state index is 0.0122. The molecule has 0 aromatic rings. The predicted molar refractivity (Wildman–Crippen MR) is 411 cm³/mol. The zero-order valence-electron chi connectivity index (χ0n) is 71.7. The van der Waals surface area contributed by atoms with Gasteiger partial charge in [0.2, 0.25) is 6.29 Å². The molecule has 24 N–H and O–H groups in total. The van der Waals surface area contributed by atoms with E-state index in [-0.39, 0.29) is 30.6 Å². The van der Waals surface area contributed by atoms with Crippen molar-refractivity contribution >= 4 is 18.2 Å². The molecule has 0 amide bonds. The van der Waals surface area contributed by atoms with Crippen LogP contribution >= 0.6 is 0 Å². The van der Waals surface area contributed by atoms with Crippen molar-refractivity contribution in [2.45, 2.75) is 397 Å². The number of rotatable bonds is 23. The minimum Gasteiger partial charge on any atom is -0.479 e. The predicted octanol–water partition coefficient (Wildman–Crippen LogP) is -9.28. The molecule has 9 heterocycles. The highest BCUT2D eigenvalue weighted by Gasteiger charge is 2.72. The highest BCUT2D eigenvalue weighted by Crippen LogP contribution is 2.76. The molecule has 45 heteroatoms. The lowest BCUT2D eigenvalue weighted by atomic mass is 9.33. The SMILES string of the molecule is C[C@@H]1O[C@@H](O[C@H]2[C@H](O)[C@@H](O)[C@H](O[C@@H]3[C@@H](OC(=O)[C@]45CCC(C)(C)C[C@H]4C4=CC[C@H]6[C@@]7(C)CC[C@H](O[C@@H]8O[C@H](C(=O)O)[C@@H](O[C@@H]9O[C@H](CO)[C@H](O)[C@H](O)[C@H]9O)[C@H](O[C@@H]9O[C@H](CO)[C@H](O)[C@H](O)[C@H]9O[C@@H]9OC[C@@H](O)[C@H](O)[C@H]9O)[C@H]8O[C@H]8OC[C@H](O)[C@@H](O)[C@@H]8O)[C@@](C)(C=O)[C@@H]7CC[C@@]6(C)[C@]4(C)CC5)O[C@@H](C)[C@@H](O)[C@H]3O)O[C@@H]2CO[C@H]2O[C@@H](C)[C@H](O)[C@@H](O)[C@H]2O)[C@H](O)[C@H](O)[C@H]1O. The van der Waals surface area contributed by atoms with Crippen molar-refractivity contribution in [1.29, 1.82) is 0 Å². The van der Waals surface area contributed by atoms with Crippen molar-refractivity contribution in [2.75, 3.05) is 33.0 Å². The summed E-state index contributed by atoms with van der Waals surface area (Å²) in [6.45, 7) is 12.2. The van der Waals surface area contributed by atoms with E-state index in [1.807, 2.05) is 0 Å². The lowest BCUT2D eigenvalue weighted by Gasteiger charge is -2.71. The number of carboxylic acids is 1. The number of aliphatic hydroxyl groups excluding tert-OH is 23. The summed E-state index contributed by atoms with van der Waals surface area (Å²) in [6.07, 6.45) is -78.2. The second-order valence-electron chi connectivity index (χ2n) is 39.1. The monoisotopic (exact) mass is 1830 g/mol. The third kappa shape index (κ3) is 18.0. The van der Waals surface area contributed by atoms with Crippen LogP contribution in [0.1, 0.15) is 127 Å². The summed E-state index contributed by atoms with van der Waals surface area (Å²) in [4.78, 5) is 44.9. The number of fused-ring (bicyclic) bond motifs is 7. The van der Waals surface area contributed by atoms with Crippen LogP contribution in [0.2, 0.25) is 0 Å². The molecule has 4 saturated carbocycles. The standard InChI is InChI=1S/C82H130O45/c1-27-40(88)47(95)55(103)67(113-27)112-25-36-59(120-70-56(104)48(96)41(89)28(2)114-70)52(100)58(106)72(118-36)122-60-50(98)42(90)29(3)115-73(60)127-76(109)82-18-16-77(4,5)20-31(82)30-10-11-38-78(6)14-13-39(79(7,26-85)37(78)12-15-81(38,9)80(30,8)17-19-82)119-75-65(126-69-54(102)44(92)33(87)24-111-69)63(62(64(125-75)66(107)108)123-71-57(105)49(97)45(93)34(21-83)116-71)124-74-61(51(99)46(94)35(22-84)117-74)121-68-53(101)43(91)32(86)23-110-68/h10,26-29,31-65,67-75,83-84,86-106H,11-25H2,1-9H3,(H,107,108)/t27-,28-,29-,31-,32+,33-,34+,35+,36+,37+,38-,39-,40-,41-,42+,43-,44+,45-,46-,47+,48+,49-,50+,51-,52+,53+,54-,55+,56+,57+,58+,59+,60-,61+,62-,63-,64-,65+,67-,68-,69+,70-,71-,72-,73+,74-,75+,78-,79-,80+,81+,82-/m0/s1. The maximum absolute atomic E-state index is 16.0. The second kappa shape index (κ2) is 38.4. The van der Waals surface area contributed by atoms with Gasteiger partial charge < -0.3 is 213 Å². The van der Waals surface area contributed by atoms with E-state index in [9.17, 15) is 132 Å². The van der Waals surface area contributed by atoms with Crippen molar-refractivity contribution in [3.05, 3.63) is 11.6 Å². The van der Waals surface area contributed by atoms with Crippen molar-refractivity contribution in [1.82, 2.24) is 0 Å². The van der Waals surface area contributed by atoms with E-state index in [1.165, 1.54) is 20.8 Å². The summed E-state index contributed by atoms with van der Waals surface area (Å²) in [6, 6.07) is 0. The summed E-state index contributed by atoms with van der Waals surface area (Å²) >= 11 is 0. The van der Waals surface area contributed by atoms with Gasteiger partial charge in [0.25, 0.3) is 0 Å².